The third-order valence-electron chi connectivity index (χ3n) is 4.61. The summed E-state index contributed by atoms with van der Waals surface area (Å²) in [5.74, 6) is -1.13. The van der Waals surface area contributed by atoms with Gasteiger partial charge in [0.05, 0.1) is 10.6 Å². The number of sulfonamides is 1. The van der Waals surface area contributed by atoms with Crippen LogP contribution in [0.5, 0.6) is 5.75 Å². The van der Waals surface area contributed by atoms with Crippen molar-refractivity contribution < 1.29 is 32.3 Å². The number of amides is 1. The van der Waals surface area contributed by atoms with E-state index >= 15 is 0 Å². The molecule has 0 bridgehead atoms. The molecule has 11 heteroatoms. The molecule has 2 heterocycles. The molecule has 31 heavy (non-hydrogen) atoms. The summed E-state index contributed by atoms with van der Waals surface area (Å²) in [5, 5.41) is 2.60. The minimum absolute atomic E-state index is 0.0387. The number of esters is 1. The van der Waals surface area contributed by atoms with E-state index in [0.717, 1.165) is 0 Å². The van der Waals surface area contributed by atoms with Crippen molar-refractivity contribution in [2.75, 3.05) is 18.5 Å². The van der Waals surface area contributed by atoms with Crippen LogP contribution in [-0.2, 0) is 24.3 Å². The fraction of sp³-hybridized carbons (Fsp3) is 0.200. The van der Waals surface area contributed by atoms with Crippen molar-refractivity contribution in [1.29, 1.82) is 0 Å². The Morgan fingerprint density at radius 1 is 1.23 bits per heavy atom. The first-order valence-corrected chi connectivity index (χ1v) is 10.7. The van der Waals surface area contributed by atoms with Gasteiger partial charge in [0.2, 0.25) is 0 Å². The zero-order chi connectivity index (χ0) is 22.2. The van der Waals surface area contributed by atoms with E-state index in [1.165, 1.54) is 25.1 Å². The van der Waals surface area contributed by atoms with Crippen LogP contribution in [-0.4, -0.2) is 51.2 Å². The van der Waals surface area contributed by atoms with Crippen LogP contribution in [0.1, 0.15) is 22.8 Å². The van der Waals surface area contributed by atoms with Gasteiger partial charge in [0.1, 0.15) is 17.6 Å². The van der Waals surface area contributed by atoms with Gasteiger partial charge in [0.25, 0.3) is 15.9 Å². The van der Waals surface area contributed by atoms with Crippen LogP contribution in [0.2, 0.25) is 0 Å². The second-order valence-corrected chi connectivity index (χ2v) is 8.48. The molecule has 2 aromatic rings. The van der Waals surface area contributed by atoms with E-state index in [1.54, 1.807) is 24.3 Å². The average molecular weight is 443 g/mol. The number of ether oxygens (including phenoxy) is 2. The fourth-order valence-corrected chi connectivity index (χ4v) is 4.31. The molecule has 2 aliphatic heterocycles. The number of ketones is 1. The van der Waals surface area contributed by atoms with Gasteiger partial charge in [0.15, 0.2) is 19.0 Å². The third kappa shape index (κ3) is 4.12. The van der Waals surface area contributed by atoms with Crippen LogP contribution in [0.25, 0.3) is 0 Å². The van der Waals surface area contributed by atoms with E-state index in [1.807, 2.05) is 0 Å². The summed E-state index contributed by atoms with van der Waals surface area (Å²) >= 11 is 0. The molecular formula is C20H17N3O7S. The number of anilines is 1. The lowest BCUT2D eigenvalue weighted by Crippen LogP contribution is -2.28. The second-order valence-electron chi connectivity index (χ2n) is 6.83. The van der Waals surface area contributed by atoms with Gasteiger partial charge in [-0.15, -0.1) is 0 Å². The van der Waals surface area contributed by atoms with Crippen molar-refractivity contribution in [3.05, 3.63) is 53.6 Å². The molecule has 1 atom stereocenters. The SMILES string of the molecule is C[C@H](N=C1NS(=O)(=O)c2ccccc21)C(=O)OCC(=O)c1ccc2c(c1)NC(=O)CO2. The number of fused-ring (bicyclic) bond motifs is 2. The number of hydrogen-bond donors (Lipinski definition) is 2. The number of carbonyl (C=O) groups excluding carboxylic acids is 3. The first kappa shape index (κ1) is 20.5. The number of hydrogen-bond acceptors (Lipinski definition) is 8. The molecule has 0 saturated carbocycles. The highest BCUT2D eigenvalue weighted by atomic mass is 32.2. The van der Waals surface area contributed by atoms with Crippen molar-refractivity contribution in [3.8, 4) is 5.75 Å². The van der Waals surface area contributed by atoms with Crippen LogP contribution >= 0.6 is 0 Å². The molecule has 0 radical (unpaired) electrons. The average Bonchev–Trinajstić information content (AvgIpc) is 3.01. The quantitative estimate of drug-likeness (QED) is 0.516. The Balaban J connectivity index is 1.41. The lowest BCUT2D eigenvalue weighted by Gasteiger charge is -2.18. The maximum absolute atomic E-state index is 12.4. The zero-order valence-electron chi connectivity index (χ0n) is 16.2. The Labute approximate surface area is 177 Å². The number of Topliss-reactive ketones (excluding diaryl/α,β-unsaturated/α-hetero) is 1. The Bertz CT molecular complexity index is 1240. The molecule has 1 amide bonds. The molecule has 0 spiro atoms. The summed E-state index contributed by atoms with van der Waals surface area (Å²) in [4.78, 5) is 40.2. The van der Waals surface area contributed by atoms with E-state index < -0.39 is 34.4 Å². The summed E-state index contributed by atoms with van der Waals surface area (Å²) in [6.45, 7) is 0.795. The van der Waals surface area contributed by atoms with Crippen LogP contribution in [0.15, 0.2) is 52.4 Å². The van der Waals surface area contributed by atoms with E-state index in [9.17, 15) is 22.8 Å². The van der Waals surface area contributed by atoms with Gasteiger partial charge >= 0.3 is 5.97 Å². The first-order valence-electron chi connectivity index (χ1n) is 9.21. The molecule has 10 nitrogen and oxygen atoms in total. The second kappa shape index (κ2) is 7.84. The highest BCUT2D eigenvalue weighted by Crippen LogP contribution is 2.28. The minimum Gasteiger partial charge on any atom is -0.482 e. The molecule has 0 unspecified atom stereocenters. The number of nitrogens with one attached hydrogen (secondary N) is 2. The number of aliphatic imine (C=N–C) groups is 1. The van der Waals surface area contributed by atoms with Gasteiger partial charge in [-0.25, -0.2) is 13.2 Å². The standard InChI is InChI=1S/C20H17N3O7S/c1-11(21-19-13-4-2-3-5-17(13)31(27,28)23-19)20(26)30-9-15(24)12-6-7-16-14(8-12)22-18(25)10-29-16/h2-8,11H,9-10H2,1H3,(H,21,23)(H,22,25)/t11-/m0/s1. The van der Waals surface area contributed by atoms with Gasteiger partial charge in [-0.1, -0.05) is 12.1 Å². The van der Waals surface area contributed by atoms with Crippen LogP contribution in [0.4, 0.5) is 5.69 Å². The monoisotopic (exact) mass is 443 g/mol. The number of carbonyl (C=O) groups is 3. The molecule has 2 N–H and O–H groups in total. The lowest BCUT2D eigenvalue weighted by molar-refractivity contribution is -0.143. The lowest BCUT2D eigenvalue weighted by atomic mass is 10.1. The van der Waals surface area contributed by atoms with Gasteiger partial charge in [0, 0.05) is 11.1 Å². The Morgan fingerprint density at radius 2 is 2.00 bits per heavy atom. The highest BCUT2D eigenvalue weighted by Gasteiger charge is 2.31. The minimum atomic E-state index is -3.73. The molecule has 0 aromatic heterocycles. The molecule has 0 aliphatic carbocycles. The summed E-state index contributed by atoms with van der Waals surface area (Å²) < 4.78 is 36.8. The van der Waals surface area contributed by atoms with Crippen molar-refractivity contribution in [1.82, 2.24) is 4.72 Å². The van der Waals surface area contributed by atoms with Gasteiger partial charge in [-0.2, -0.15) is 0 Å². The topological polar surface area (TPSA) is 140 Å². The van der Waals surface area contributed by atoms with E-state index in [-0.39, 0.29) is 28.8 Å². The van der Waals surface area contributed by atoms with Gasteiger partial charge < -0.3 is 14.8 Å². The van der Waals surface area contributed by atoms with Gasteiger partial charge in [-0.05, 0) is 37.3 Å². The van der Waals surface area contributed by atoms with Crippen molar-refractivity contribution in [2.24, 2.45) is 4.99 Å². The van der Waals surface area contributed by atoms with Crippen molar-refractivity contribution in [2.45, 2.75) is 17.9 Å². The normalized spacial score (nSPS) is 18.1. The number of nitrogens with zero attached hydrogens (tertiary/aromatic N) is 1. The van der Waals surface area contributed by atoms with E-state index in [4.69, 9.17) is 9.47 Å². The molecule has 2 aliphatic rings. The summed E-state index contributed by atoms with van der Waals surface area (Å²) in [6.07, 6.45) is 0. The maximum atomic E-state index is 12.4. The van der Waals surface area contributed by atoms with Crippen LogP contribution < -0.4 is 14.8 Å². The van der Waals surface area contributed by atoms with Gasteiger partial charge in [-0.3, -0.25) is 19.3 Å². The largest absolute Gasteiger partial charge is 0.482 e. The van der Waals surface area contributed by atoms with Crippen molar-refractivity contribution >= 4 is 39.2 Å². The highest BCUT2D eigenvalue weighted by molar-refractivity contribution is 7.90. The predicted molar refractivity (Wildman–Crippen MR) is 109 cm³/mol. The predicted octanol–water partition coefficient (Wildman–Crippen LogP) is 0.871. The van der Waals surface area contributed by atoms with E-state index in [2.05, 4.69) is 15.0 Å². The summed E-state index contributed by atoms with van der Waals surface area (Å²) in [5.41, 5.74) is 0.950. The fourth-order valence-electron chi connectivity index (χ4n) is 3.07. The molecular weight excluding hydrogens is 426 g/mol. The number of benzene rings is 2. The Kier molecular flexibility index (Phi) is 5.19. The first-order chi connectivity index (χ1) is 14.7. The number of rotatable bonds is 5. The molecule has 160 valence electrons. The van der Waals surface area contributed by atoms with Crippen LogP contribution in [0, 0.1) is 0 Å². The molecule has 4 rings (SSSR count). The zero-order valence-corrected chi connectivity index (χ0v) is 17.1. The van der Waals surface area contributed by atoms with E-state index in [0.29, 0.717) is 17.0 Å². The molecule has 0 saturated heterocycles. The Morgan fingerprint density at radius 3 is 2.81 bits per heavy atom. The number of amidine groups is 1. The maximum Gasteiger partial charge on any atom is 0.331 e. The Hall–Kier alpha value is -3.73. The summed E-state index contributed by atoms with van der Waals surface area (Å²) in [7, 11) is -3.73. The third-order valence-corrected chi connectivity index (χ3v) is 6.00. The smallest absolute Gasteiger partial charge is 0.331 e. The molecule has 0 fully saturated rings. The summed E-state index contributed by atoms with van der Waals surface area (Å²) in [6, 6.07) is 9.69. The molecule has 2 aromatic carbocycles. The van der Waals surface area contributed by atoms with Crippen LogP contribution in [0.3, 0.4) is 0 Å². The van der Waals surface area contributed by atoms with Crippen molar-refractivity contribution in [3.63, 3.8) is 0 Å².